The molecule has 0 bridgehead atoms. The number of anilines is 2. The van der Waals surface area contributed by atoms with Gasteiger partial charge in [-0.1, -0.05) is 13.0 Å². The standard InChI is InChI=1S/C13H16N4O2/c1-3-6-16-9-11(8-14-16)15-12-5-4-10(2)7-13(12)17(18)19/h4-5,7-9,15H,3,6H2,1-2H3. The van der Waals surface area contributed by atoms with Gasteiger partial charge >= 0.3 is 0 Å². The van der Waals surface area contributed by atoms with Gasteiger partial charge in [0.2, 0.25) is 0 Å². The summed E-state index contributed by atoms with van der Waals surface area (Å²) in [4.78, 5) is 10.6. The first-order valence-corrected chi connectivity index (χ1v) is 6.14. The average molecular weight is 260 g/mol. The monoisotopic (exact) mass is 260 g/mol. The topological polar surface area (TPSA) is 73.0 Å². The summed E-state index contributed by atoms with van der Waals surface area (Å²) in [6.07, 6.45) is 4.50. The molecule has 2 rings (SSSR count). The van der Waals surface area contributed by atoms with Gasteiger partial charge in [-0.2, -0.15) is 5.10 Å². The zero-order valence-corrected chi connectivity index (χ0v) is 11.0. The Bertz CT molecular complexity index is 592. The summed E-state index contributed by atoms with van der Waals surface area (Å²) in [6.45, 7) is 4.73. The van der Waals surface area contributed by atoms with Gasteiger partial charge in [0.1, 0.15) is 5.69 Å². The first-order chi connectivity index (χ1) is 9.10. The maximum Gasteiger partial charge on any atom is 0.292 e. The maximum atomic E-state index is 11.0. The lowest BCUT2D eigenvalue weighted by Gasteiger charge is -2.05. The highest BCUT2D eigenvalue weighted by atomic mass is 16.6. The molecule has 0 radical (unpaired) electrons. The first-order valence-electron chi connectivity index (χ1n) is 6.14. The van der Waals surface area contributed by atoms with Crippen molar-refractivity contribution in [3.63, 3.8) is 0 Å². The van der Waals surface area contributed by atoms with Gasteiger partial charge in [0.15, 0.2) is 0 Å². The molecule has 2 aromatic rings. The minimum atomic E-state index is -0.383. The molecular weight excluding hydrogens is 244 g/mol. The molecule has 0 saturated heterocycles. The molecular formula is C13H16N4O2. The molecule has 19 heavy (non-hydrogen) atoms. The molecule has 6 nitrogen and oxygen atoms in total. The summed E-state index contributed by atoms with van der Waals surface area (Å²) in [5.74, 6) is 0. The Hall–Kier alpha value is -2.37. The number of nitro groups is 1. The van der Waals surface area contributed by atoms with E-state index < -0.39 is 0 Å². The molecule has 0 spiro atoms. The Balaban J connectivity index is 2.24. The van der Waals surface area contributed by atoms with Gasteiger partial charge in [-0.3, -0.25) is 14.8 Å². The number of hydrogen-bond donors (Lipinski definition) is 1. The van der Waals surface area contributed by atoms with E-state index in [-0.39, 0.29) is 10.6 Å². The molecule has 100 valence electrons. The van der Waals surface area contributed by atoms with Crippen molar-refractivity contribution < 1.29 is 4.92 Å². The lowest BCUT2D eigenvalue weighted by molar-refractivity contribution is -0.384. The van der Waals surface area contributed by atoms with Crippen LogP contribution in [0, 0.1) is 17.0 Å². The minimum Gasteiger partial charge on any atom is -0.347 e. The number of rotatable bonds is 5. The van der Waals surface area contributed by atoms with Crippen LogP contribution in [0.15, 0.2) is 30.6 Å². The Kier molecular flexibility index (Phi) is 3.79. The first kappa shape index (κ1) is 13.1. The van der Waals surface area contributed by atoms with Crippen LogP contribution in [-0.4, -0.2) is 14.7 Å². The van der Waals surface area contributed by atoms with E-state index in [1.54, 1.807) is 18.3 Å². The second-order valence-electron chi connectivity index (χ2n) is 4.39. The molecule has 0 aliphatic carbocycles. The summed E-state index contributed by atoms with van der Waals surface area (Å²) in [7, 11) is 0. The van der Waals surface area contributed by atoms with E-state index in [1.807, 2.05) is 23.9 Å². The van der Waals surface area contributed by atoms with Crippen molar-refractivity contribution in [2.24, 2.45) is 0 Å². The number of benzene rings is 1. The Morgan fingerprint density at radius 1 is 1.47 bits per heavy atom. The molecule has 1 aromatic heterocycles. The van der Waals surface area contributed by atoms with E-state index in [9.17, 15) is 10.1 Å². The number of aromatic nitrogens is 2. The van der Waals surface area contributed by atoms with E-state index in [0.717, 1.165) is 24.2 Å². The highest BCUT2D eigenvalue weighted by Crippen LogP contribution is 2.28. The van der Waals surface area contributed by atoms with Gasteiger partial charge in [-0.05, 0) is 25.0 Å². The lowest BCUT2D eigenvalue weighted by Crippen LogP contribution is -1.97. The fourth-order valence-electron chi connectivity index (χ4n) is 1.83. The van der Waals surface area contributed by atoms with Crippen molar-refractivity contribution in [2.45, 2.75) is 26.8 Å². The summed E-state index contributed by atoms with van der Waals surface area (Å²) in [5, 5.41) is 18.2. The van der Waals surface area contributed by atoms with Crippen LogP contribution in [0.1, 0.15) is 18.9 Å². The van der Waals surface area contributed by atoms with Crippen LogP contribution in [0.5, 0.6) is 0 Å². The SMILES string of the molecule is CCCn1cc(Nc2ccc(C)cc2[N+](=O)[O-])cn1. The Morgan fingerprint density at radius 2 is 2.26 bits per heavy atom. The Labute approximate surface area is 111 Å². The summed E-state index contributed by atoms with van der Waals surface area (Å²) in [5.41, 5.74) is 2.16. The van der Waals surface area contributed by atoms with Crippen LogP contribution in [0.3, 0.4) is 0 Å². The summed E-state index contributed by atoms with van der Waals surface area (Å²) in [6, 6.07) is 5.11. The van der Waals surface area contributed by atoms with E-state index in [1.165, 1.54) is 0 Å². The second kappa shape index (κ2) is 5.51. The van der Waals surface area contributed by atoms with Crippen molar-refractivity contribution in [1.29, 1.82) is 0 Å². The average Bonchev–Trinajstić information content (AvgIpc) is 2.79. The third-order valence-corrected chi connectivity index (χ3v) is 2.71. The predicted octanol–water partition coefficient (Wildman–Crippen LogP) is 3.25. The molecule has 0 amide bonds. The number of nitrogens with zero attached hydrogens (tertiary/aromatic N) is 3. The van der Waals surface area contributed by atoms with E-state index in [0.29, 0.717) is 5.69 Å². The van der Waals surface area contributed by atoms with E-state index in [4.69, 9.17) is 0 Å². The van der Waals surface area contributed by atoms with Crippen LogP contribution >= 0.6 is 0 Å². The number of nitro benzene ring substituents is 1. The van der Waals surface area contributed by atoms with Gasteiger partial charge in [0, 0.05) is 18.8 Å². The highest BCUT2D eigenvalue weighted by molar-refractivity contribution is 5.69. The molecule has 0 saturated carbocycles. The van der Waals surface area contributed by atoms with Crippen LogP contribution in [-0.2, 0) is 6.54 Å². The second-order valence-corrected chi connectivity index (χ2v) is 4.39. The number of aryl methyl sites for hydroxylation is 2. The van der Waals surface area contributed by atoms with E-state index in [2.05, 4.69) is 17.3 Å². The predicted molar refractivity (Wildman–Crippen MR) is 73.6 cm³/mol. The van der Waals surface area contributed by atoms with Crippen molar-refractivity contribution in [3.05, 3.63) is 46.3 Å². The summed E-state index contributed by atoms with van der Waals surface area (Å²) >= 11 is 0. The van der Waals surface area contributed by atoms with Crippen molar-refractivity contribution in [2.75, 3.05) is 5.32 Å². The van der Waals surface area contributed by atoms with Gasteiger partial charge in [-0.15, -0.1) is 0 Å². The quantitative estimate of drug-likeness (QED) is 0.661. The smallest absolute Gasteiger partial charge is 0.292 e. The largest absolute Gasteiger partial charge is 0.347 e. The maximum absolute atomic E-state index is 11.0. The van der Waals surface area contributed by atoms with E-state index >= 15 is 0 Å². The van der Waals surface area contributed by atoms with Crippen LogP contribution in [0.4, 0.5) is 17.1 Å². The molecule has 0 unspecified atom stereocenters. The molecule has 6 heteroatoms. The Morgan fingerprint density at radius 3 is 2.95 bits per heavy atom. The molecule has 0 aliphatic rings. The van der Waals surface area contributed by atoms with Crippen LogP contribution in [0.2, 0.25) is 0 Å². The van der Waals surface area contributed by atoms with Gasteiger partial charge in [0.25, 0.3) is 5.69 Å². The number of hydrogen-bond acceptors (Lipinski definition) is 4. The van der Waals surface area contributed by atoms with Crippen LogP contribution < -0.4 is 5.32 Å². The third-order valence-electron chi connectivity index (χ3n) is 2.71. The zero-order chi connectivity index (χ0) is 13.8. The van der Waals surface area contributed by atoms with Crippen molar-refractivity contribution in [3.8, 4) is 0 Å². The van der Waals surface area contributed by atoms with Crippen LogP contribution in [0.25, 0.3) is 0 Å². The van der Waals surface area contributed by atoms with Crippen molar-refractivity contribution >= 4 is 17.1 Å². The van der Waals surface area contributed by atoms with Gasteiger partial charge < -0.3 is 5.32 Å². The fourth-order valence-corrected chi connectivity index (χ4v) is 1.83. The fraction of sp³-hybridized carbons (Fsp3) is 0.308. The molecule has 0 aliphatic heterocycles. The lowest BCUT2D eigenvalue weighted by atomic mass is 10.2. The highest BCUT2D eigenvalue weighted by Gasteiger charge is 2.14. The molecule has 0 fully saturated rings. The molecule has 1 aromatic carbocycles. The molecule has 1 N–H and O–H groups in total. The third kappa shape index (κ3) is 3.09. The van der Waals surface area contributed by atoms with Gasteiger partial charge in [-0.25, -0.2) is 0 Å². The number of nitrogens with one attached hydrogen (secondary N) is 1. The molecule has 1 heterocycles. The minimum absolute atomic E-state index is 0.0724. The van der Waals surface area contributed by atoms with Gasteiger partial charge in [0.05, 0.1) is 16.8 Å². The summed E-state index contributed by atoms with van der Waals surface area (Å²) < 4.78 is 1.81. The molecule has 0 atom stereocenters. The zero-order valence-electron chi connectivity index (χ0n) is 11.0. The van der Waals surface area contributed by atoms with Crippen molar-refractivity contribution in [1.82, 2.24) is 9.78 Å². The normalized spacial score (nSPS) is 10.4.